The fourth-order valence-electron chi connectivity index (χ4n) is 3.07. The molecule has 0 spiro atoms. The third-order valence-electron chi connectivity index (χ3n) is 5.19. The number of anilines is 2. The molecule has 180 valence electrons. The van der Waals surface area contributed by atoms with Crippen LogP contribution in [0.1, 0.15) is 20.3 Å². The maximum atomic E-state index is 13.2. The van der Waals surface area contributed by atoms with Gasteiger partial charge in [-0.05, 0) is 42.3 Å². The Morgan fingerprint density at radius 2 is 1.79 bits per heavy atom. The smallest absolute Gasteiger partial charge is 0.320 e. The van der Waals surface area contributed by atoms with Crippen molar-refractivity contribution >= 4 is 34.1 Å². The summed E-state index contributed by atoms with van der Waals surface area (Å²) in [5.74, 6) is 0.0637. The first-order valence-electron chi connectivity index (χ1n) is 10.5. The Morgan fingerprint density at radius 3 is 2.44 bits per heavy atom. The van der Waals surface area contributed by atoms with Crippen LogP contribution in [-0.4, -0.2) is 42.4 Å². The van der Waals surface area contributed by atoms with E-state index < -0.39 is 18.0 Å². The monoisotopic (exact) mass is 487 g/mol. The van der Waals surface area contributed by atoms with E-state index in [-0.39, 0.29) is 16.9 Å². The van der Waals surface area contributed by atoms with Gasteiger partial charge in [-0.1, -0.05) is 31.6 Å². The Hall–Kier alpha value is -3.73. The summed E-state index contributed by atoms with van der Waals surface area (Å²) in [5, 5.41) is 17.0. The van der Waals surface area contributed by atoms with Crippen molar-refractivity contribution in [1.29, 1.82) is 0 Å². The average molecular weight is 488 g/mol. The van der Waals surface area contributed by atoms with Crippen LogP contribution < -0.4 is 25.4 Å². The number of benzene rings is 2. The summed E-state index contributed by atoms with van der Waals surface area (Å²) in [7, 11) is 3.01. The lowest BCUT2D eigenvalue weighted by Crippen LogP contribution is -2.49. The second kappa shape index (κ2) is 11.4. The molecule has 1 aromatic heterocycles. The highest BCUT2D eigenvalue weighted by atomic mass is 32.1. The van der Waals surface area contributed by atoms with Crippen LogP contribution in [0, 0.1) is 11.7 Å². The fraction of sp³-hybridized carbons (Fsp3) is 0.304. The van der Waals surface area contributed by atoms with Crippen LogP contribution in [0.3, 0.4) is 0 Å². The first-order chi connectivity index (χ1) is 16.3. The van der Waals surface area contributed by atoms with E-state index in [9.17, 15) is 14.0 Å². The van der Waals surface area contributed by atoms with Crippen LogP contribution in [0.15, 0.2) is 42.5 Å². The molecule has 0 aliphatic carbocycles. The molecule has 2 atom stereocenters. The van der Waals surface area contributed by atoms with Crippen LogP contribution >= 0.6 is 11.3 Å². The molecule has 3 rings (SSSR count). The number of nitrogens with one attached hydrogen (secondary N) is 3. The maximum absolute atomic E-state index is 13.2. The third kappa shape index (κ3) is 6.19. The van der Waals surface area contributed by atoms with Gasteiger partial charge >= 0.3 is 6.03 Å². The summed E-state index contributed by atoms with van der Waals surface area (Å²) in [6, 6.07) is 9.41. The first kappa shape index (κ1) is 24.9. The molecule has 9 nitrogen and oxygen atoms in total. The number of amides is 3. The van der Waals surface area contributed by atoms with E-state index in [1.807, 2.05) is 13.8 Å². The molecule has 1 heterocycles. The van der Waals surface area contributed by atoms with Gasteiger partial charge in [0.1, 0.15) is 28.4 Å². The normalized spacial score (nSPS) is 12.4. The van der Waals surface area contributed by atoms with Gasteiger partial charge in [-0.25, -0.2) is 9.18 Å². The van der Waals surface area contributed by atoms with Crippen molar-refractivity contribution in [1.82, 2.24) is 15.5 Å². The van der Waals surface area contributed by atoms with Crippen LogP contribution in [0.25, 0.3) is 10.6 Å². The highest BCUT2D eigenvalue weighted by Crippen LogP contribution is 2.29. The van der Waals surface area contributed by atoms with Crippen molar-refractivity contribution in [2.45, 2.75) is 26.3 Å². The number of hydrogen-bond donors (Lipinski definition) is 3. The van der Waals surface area contributed by atoms with Gasteiger partial charge in [-0.3, -0.25) is 10.1 Å². The van der Waals surface area contributed by atoms with E-state index in [1.54, 1.807) is 30.3 Å². The SMILES string of the molecule is CCC(C)C(NC(=O)Nc1ccc(OC)cc1OC)C(=O)Nc1nnc(-c2ccc(F)cc2)s1. The molecule has 3 aromatic rings. The third-order valence-corrected chi connectivity index (χ3v) is 6.07. The zero-order valence-corrected chi connectivity index (χ0v) is 20.0. The second-order valence-electron chi connectivity index (χ2n) is 7.44. The average Bonchev–Trinajstić information content (AvgIpc) is 3.31. The lowest BCUT2D eigenvalue weighted by Gasteiger charge is -2.23. The number of carbonyl (C=O) groups is 2. The number of carbonyl (C=O) groups excluding carboxylic acids is 2. The quantitative estimate of drug-likeness (QED) is 0.408. The number of rotatable bonds is 9. The van der Waals surface area contributed by atoms with Gasteiger partial charge in [0.25, 0.3) is 0 Å². The molecular weight excluding hydrogens is 461 g/mol. The van der Waals surface area contributed by atoms with Crippen LogP contribution in [-0.2, 0) is 4.79 Å². The van der Waals surface area contributed by atoms with Gasteiger partial charge < -0.3 is 20.1 Å². The maximum Gasteiger partial charge on any atom is 0.320 e. The summed E-state index contributed by atoms with van der Waals surface area (Å²) >= 11 is 1.15. The fourth-order valence-corrected chi connectivity index (χ4v) is 3.82. The van der Waals surface area contributed by atoms with Gasteiger partial charge in [-0.15, -0.1) is 10.2 Å². The summed E-state index contributed by atoms with van der Waals surface area (Å²) in [5.41, 5.74) is 1.11. The standard InChI is InChI=1S/C23H26FN5O4S/c1-5-13(2)19(26-22(31)25-17-11-10-16(32-3)12-18(17)33-4)20(30)27-23-29-28-21(34-23)14-6-8-15(24)9-7-14/h6-13,19H,5H2,1-4H3,(H2,25,26,31)(H,27,29,30). The minimum Gasteiger partial charge on any atom is -0.497 e. The number of urea groups is 1. The molecule has 3 amide bonds. The Bertz CT molecular complexity index is 1140. The predicted molar refractivity (Wildman–Crippen MR) is 129 cm³/mol. The van der Waals surface area contributed by atoms with Crippen molar-refractivity contribution < 1.29 is 23.5 Å². The molecule has 34 heavy (non-hydrogen) atoms. The van der Waals surface area contributed by atoms with Crippen molar-refractivity contribution in [3.8, 4) is 22.1 Å². The van der Waals surface area contributed by atoms with E-state index in [2.05, 4.69) is 26.1 Å². The van der Waals surface area contributed by atoms with Gasteiger partial charge in [0.15, 0.2) is 0 Å². The number of aromatic nitrogens is 2. The number of halogens is 1. The number of ether oxygens (including phenoxy) is 2. The molecule has 2 unspecified atom stereocenters. The van der Waals surface area contributed by atoms with Gasteiger partial charge in [0, 0.05) is 11.6 Å². The van der Waals surface area contributed by atoms with E-state index in [1.165, 1.54) is 26.4 Å². The minimum atomic E-state index is -0.826. The Labute approximate surface area is 200 Å². The predicted octanol–water partition coefficient (Wildman–Crippen LogP) is 4.54. The molecule has 0 bridgehead atoms. The molecule has 11 heteroatoms. The number of hydrogen-bond acceptors (Lipinski definition) is 7. The summed E-state index contributed by atoms with van der Waals surface area (Å²) < 4.78 is 23.6. The van der Waals surface area contributed by atoms with Crippen molar-refractivity contribution in [2.24, 2.45) is 5.92 Å². The summed E-state index contributed by atoms with van der Waals surface area (Å²) in [6.07, 6.45) is 0.654. The highest BCUT2D eigenvalue weighted by Gasteiger charge is 2.27. The highest BCUT2D eigenvalue weighted by molar-refractivity contribution is 7.18. The van der Waals surface area contributed by atoms with Crippen LogP contribution in [0.2, 0.25) is 0 Å². The topological polar surface area (TPSA) is 114 Å². The van der Waals surface area contributed by atoms with Gasteiger partial charge in [-0.2, -0.15) is 0 Å². The molecule has 0 fully saturated rings. The largest absolute Gasteiger partial charge is 0.497 e. The minimum absolute atomic E-state index is 0.159. The van der Waals surface area contributed by atoms with E-state index in [4.69, 9.17) is 9.47 Å². The molecule has 2 aromatic carbocycles. The van der Waals surface area contributed by atoms with Gasteiger partial charge in [0.2, 0.25) is 11.0 Å². The lowest BCUT2D eigenvalue weighted by atomic mass is 9.98. The van der Waals surface area contributed by atoms with E-state index in [0.717, 1.165) is 11.3 Å². The molecule has 0 aliphatic heterocycles. The Morgan fingerprint density at radius 1 is 1.06 bits per heavy atom. The van der Waals surface area contributed by atoms with Crippen molar-refractivity contribution in [3.05, 3.63) is 48.3 Å². The van der Waals surface area contributed by atoms with Crippen molar-refractivity contribution in [3.63, 3.8) is 0 Å². The zero-order valence-electron chi connectivity index (χ0n) is 19.2. The zero-order chi connectivity index (χ0) is 24.7. The summed E-state index contributed by atoms with van der Waals surface area (Å²) in [4.78, 5) is 25.7. The summed E-state index contributed by atoms with van der Waals surface area (Å²) in [6.45, 7) is 3.79. The van der Waals surface area contributed by atoms with E-state index in [0.29, 0.717) is 34.2 Å². The van der Waals surface area contributed by atoms with E-state index >= 15 is 0 Å². The second-order valence-corrected chi connectivity index (χ2v) is 8.41. The lowest BCUT2D eigenvalue weighted by molar-refractivity contribution is -0.119. The molecule has 0 saturated heterocycles. The number of nitrogens with zero attached hydrogens (tertiary/aromatic N) is 2. The number of methoxy groups -OCH3 is 2. The van der Waals surface area contributed by atoms with Crippen LogP contribution in [0.5, 0.6) is 11.5 Å². The van der Waals surface area contributed by atoms with Gasteiger partial charge in [0.05, 0.1) is 19.9 Å². The van der Waals surface area contributed by atoms with Crippen molar-refractivity contribution in [2.75, 3.05) is 24.9 Å². The molecular formula is C23H26FN5O4S. The molecule has 3 N–H and O–H groups in total. The Kier molecular flexibility index (Phi) is 8.36. The van der Waals surface area contributed by atoms with Crippen LogP contribution in [0.4, 0.5) is 20.0 Å². The Balaban J connectivity index is 1.69. The molecule has 0 radical (unpaired) electrons. The molecule has 0 aliphatic rings. The molecule has 0 saturated carbocycles. The first-order valence-corrected chi connectivity index (χ1v) is 11.4.